The molecule has 0 bridgehead atoms. The molecule has 0 fully saturated rings. The molecule has 1 aromatic rings. The van der Waals surface area contributed by atoms with Crippen LogP contribution in [-0.2, 0) is 5.41 Å². The Bertz CT molecular complexity index is 467. The molecule has 0 saturated carbocycles. The number of aromatic nitrogens is 2. The summed E-state index contributed by atoms with van der Waals surface area (Å²) in [5, 5.41) is 9.91. The monoisotopic (exact) mass is 313 g/mol. The summed E-state index contributed by atoms with van der Waals surface area (Å²) in [5.41, 5.74) is 0.718. The largest absolute Gasteiger partial charge is 0.395 e. The van der Waals surface area contributed by atoms with Gasteiger partial charge in [-0.2, -0.15) is 0 Å². The molecule has 0 atom stereocenters. The first-order chi connectivity index (χ1) is 9.76. The molecule has 0 aliphatic rings. The van der Waals surface area contributed by atoms with Crippen LogP contribution in [0.3, 0.4) is 0 Å². The van der Waals surface area contributed by atoms with Gasteiger partial charge in [0.2, 0.25) is 0 Å². The highest BCUT2D eigenvalue weighted by atomic mass is 35.5. The number of rotatable bonds is 6. The standard InChI is InChI=1S/C16H28ClN3O/c1-7-12(8-2)20(9-10-21)14-11(3)13(17)18-15(19-14)16(4,5)6/h12,21H,7-10H2,1-6H3. The van der Waals surface area contributed by atoms with Crippen molar-refractivity contribution in [1.82, 2.24) is 9.97 Å². The summed E-state index contributed by atoms with van der Waals surface area (Å²) in [6, 6.07) is 0.342. The molecule has 120 valence electrons. The molecule has 4 nitrogen and oxygen atoms in total. The van der Waals surface area contributed by atoms with Crippen molar-refractivity contribution in [1.29, 1.82) is 0 Å². The van der Waals surface area contributed by atoms with Crippen molar-refractivity contribution in [3.05, 3.63) is 16.5 Å². The van der Waals surface area contributed by atoms with Crippen LogP contribution >= 0.6 is 11.6 Å². The topological polar surface area (TPSA) is 49.2 Å². The number of hydrogen-bond donors (Lipinski definition) is 1. The van der Waals surface area contributed by atoms with Gasteiger partial charge in [-0.15, -0.1) is 0 Å². The second kappa shape index (κ2) is 7.41. The fraction of sp³-hybridized carbons (Fsp3) is 0.750. The van der Waals surface area contributed by atoms with Gasteiger partial charge >= 0.3 is 0 Å². The Balaban J connectivity index is 3.39. The number of halogens is 1. The summed E-state index contributed by atoms with van der Waals surface area (Å²) in [6.45, 7) is 13.1. The Kier molecular flexibility index (Phi) is 6.41. The Morgan fingerprint density at radius 1 is 1.19 bits per heavy atom. The fourth-order valence-electron chi connectivity index (χ4n) is 2.39. The van der Waals surface area contributed by atoms with E-state index in [0.717, 1.165) is 30.0 Å². The van der Waals surface area contributed by atoms with Gasteiger partial charge < -0.3 is 10.0 Å². The minimum Gasteiger partial charge on any atom is -0.395 e. The molecule has 0 radical (unpaired) electrons. The molecule has 1 heterocycles. The third-order valence-electron chi connectivity index (χ3n) is 3.73. The van der Waals surface area contributed by atoms with E-state index in [1.54, 1.807) is 0 Å². The lowest BCUT2D eigenvalue weighted by atomic mass is 9.95. The van der Waals surface area contributed by atoms with Gasteiger partial charge in [-0.05, 0) is 19.8 Å². The first-order valence-electron chi connectivity index (χ1n) is 7.68. The SMILES string of the molecule is CCC(CC)N(CCO)c1nc(C(C)(C)C)nc(Cl)c1C. The maximum absolute atomic E-state index is 9.41. The Hall–Kier alpha value is -0.870. The maximum Gasteiger partial charge on any atom is 0.137 e. The van der Waals surface area contributed by atoms with E-state index in [-0.39, 0.29) is 12.0 Å². The summed E-state index contributed by atoms with van der Waals surface area (Å²) in [6.07, 6.45) is 2.00. The van der Waals surface area contributed by atoms with Crippen LogP contribution in [0.2, 0.25) is 5.15 Å². The lowest BCUT2D eigenvalue weighted by Crippen LogP contribution is -2.38. The smallest absolute Gasteiger partial charge is 0.137 e. The molecule has 1 N–H and O–H groups in total. The van der Waals surface area contributed by atoms with Crippen molar-refractivity contribution < 1.29 is 5.11 Å². The van der Waals surface area contributed by atoms with Gasteiger partial charge in [0, 0.05) is 23.6 Å². The van der Waals surface area contributed by atoms with E-state index in [1.807, 2.05) is 6.92 Å². The van der Waals surface area contributed by atoms with E-state index in [4.69, 9.17) is 16.6 Å². The third-order valence-corrected chi connectivity index (χ3v) is 4.10. The van der Waals surface area contributed by atoms with Gasteiger partial charge in [-0.1, -0.05) is 46.2 Å². The molecule has 0 aliphatic carbocycles. The van der Waals surface area contributed by atoms with E-state index >= 15 is 0 Å². The number of nitrogens with zero attached hydrogens (tertiary/aromatic N) is 3. The van der Waals surface area contributed by atoms with Crippen molar-refractivity contribution in [2.24, 2.45) is 0 Å². The predicted molar refractivity (Wildman–Crippen MR) is 89.3 cm³/mol. The van der Waals surface area contributed by atoms with Gasteiger partial charge in [0.15, 0.2) is 0 Å². The average Bonchev–Trinajstić information content (AvgIpc) is 2.41. The predicted octanol–water partition coefficient (Wildman–Crippen LogP) is 3.72. The van der Waals surface area contributed by atoms with Gasteiger partial charge in [0.05, 0.1) is 6.61 Å². The van der Waals surface area contributed by atoms with Crippen molar-refractivity contribution in [2.75, 3.05) is 18.1 Å². The molecule has 5 heteroatoms. The van der Waals surface area contributed by atoms with Crippen LogP contribution < -0.4 is 4.90 Å². The zero-order valence-electron chi connectivity index (χ0n) is 14.1. The van der Waals surface area contributed by atoms with Gasteiger partial charge in [0.25, 0.3) is 0 Å². The van der Waals surface area contributed by atoms with Gasteiger partial charge in [0.1, 0.15) is 16.8 Å². The first kappa shape index (κ1) is 18.2. The molecule has 0 saturated heterocycles. The molecule has 21 heavy (non-hydrogen) atoms. The highest BCUT2D eigenvalue weighted by Crippen LogP contribution is 2.30. The third kappa shape index (κ3) is 4.30. The highest BCUT2D eigenvalue weighted by Gasteiger charge is 2.25. The summed E-state index contributed by atoms with van der Waals surface area (Å²) >= 11 is 6.32. The molecule has 0 unspecified atom stereocenters. The lowest BCUT2D eigenvalue weighted by molar-refractivity contribution is 0.295. The van der Waals surface area contributed by atoms with E-state index in [0.29, 0.717) is 17.7 Å². The normalized spacial score (nSPS) is 12.0. The van der Waals surface area contributed by atoms with Crippen molar-refractivity contribution >= 4 is 17.4 Å². The first-order valence-corrected chi connectivity index (χ1v) is 8.06. The zero-order valence-corrected chi connectivity index (χ0v) is 14.8. The number of anilines is 1. The molecule has 0 aromatic carbocycles. The minimum atomic E-state index is -0.162. The summed E-state index contributed by atoms with van der Waals surface area (Å²) in [4.78, 5) is 11.3. The molecule has 0 spiro atoms. The molecule has 0 amide bonds. The van der Waals surface area contributed by atoms with Crippen LogP contribution in [0.5, 0.6) is 0 Å². The van der Waals surface area contributed by atoms with Crippen LogP contribution in [0.25, 0.3) is 0 Å². The molecular formula is C16H28ClN3O. The van der Waals surface area contributed by atoms with Crippen LogP contribution in [0.4, 0.5) is 5.82 Å². The second-order valence-electron chi connectivity index (χ2n) is 6.42. The average molecular weight is 314 g/mol. The second-order valence-corrected chi connectivity index (χ2v) is 6.78. The fourth-order valence-corrected chi connectivity index (χ4v) is 2.56. The van der Waals surface area contributed by atoms with Crippen LogP contribution in [-0.4, -0.2) is 34.3 Å². The quantitative estimate of drug-likeness (QED) is 0.813. The van der Waals surface area contributed by atoms with Crippen LogP contribution in [0.1, 0.15) is 58.8 Å². The van der Waals surface area contributed by atoms with E-state index in [2.05, 4.69) is 44.5 Å². The van der Waals surface area contributed by atoms with Gasteiger partial charge in [-0.3, -0.25) is 0 Å². The van der Waals surface area contributed by atoms with E-state index in [1.165, 1.54) is 0 Å². The number of aliphatic hydroxyl groups is 1. The lowest BCUT2D eigenvalue weighted by Gasteiger charge is -2.33. The van der Waals surface area contributed by atoms with Crippen molar-refractivity contribution in [3.8, 4) is 0 Å². The number of hydrogen-bond acceptors (Lipinski definition) is 4. The Morgan fingerprint density at radius 3 is 2.19 bits per heavy atom. The Labute approximate surface area is 133 Å². The van der Waals surface area contributed by atoms with E-state index in [9.17, 15) is 5.11 Å². The molecule has 1 rings (SSSR count). The molecule has 0 aliphatic heterocycles. The molecule has 1 aromatic heterocycles. The summed E-state index contributed by atoms with van der Waals surface area (Å²) in [7, 11) is 0. The van der Waals surface area contributed by atoms with Crippen LogP contribution in [0.15, 0.2) is 0 Å². The highest BCUT2D eigenvalue weighted by molar-refractivity contribution is 6.30. The van der Waals surface area contributed by atoms with E-state index < -0.39 is 0 Å². The summed E-state index contributed by atoms with van der Waals surface area (Å²) < 4.78 is 0. The molecular weight excluding hydrogens is 286 g/mol. The minimum absolute atomic E-state index is 0.0996. The Morgan fingerprint density at radius 2 is 1.76 bits per heavy atom. The summed E-state index contributed by atoms with van der Waals surface area (Å²) in [5.74, 6) is 1.59. The zero-order chi connectivity index (χ0) is 16.2. The maximum atomic E-state index is 9.41. The number of aliphatic hydroxyl groups excluding tert-OH is 1. The van der Waals surface area contributed by atoms with Crippen LogP contribution in [0, 0.1) is 6.92 Å². The van der Waals surface area contributed by atoms with Crippen molar-refractivity contribution in [3.63, 3.8) is 0 Å². The van der Waals surface area contributed by atoms with Crippen molar-refractivity contribution in [2.45, 2.75) is 65.8 Å². The van der Waals surface area contributed by atoms with Gasteiger partial charge in [-0.25, -0.2) is 9.97 Å².